The molecule has 3 N–H and O–H groups in total. The van der Waals surface area contributed by atoms with E-state index in [2.05, 4.69) is 10.6 Å². The fourth-order valence-corrected chi connectivity index (χ4v) is 1.77. The Morgan fingerprint density at radius 2 is 1.76 bits per heavy atom. The second-order valence-electron chi connectivity index (χ2n) is 4.38. The van der Waals surface area contributed by atoms with E-state index < -0.39 is 17.5 Å². The molecule has 0 fully saturated rings. The summed E-state index contributed by atoms with van der Waals surface area (Å²) in [5.74, 6) is -0.985. The number of carbonyl (C=O) groups is 2. The molecule has 5 heteroatoms. The molecule has 0 aliphatic carbocycles. The minimum Gasteiger partial charge on any atom is -0.480 e. The van der Waals surface area contributed by atoms with Gasteiger partial charge < -0.3 is 15.7 Å². The number of aliphatic carboxylic acids is 1. The Hall–Kier alpha value is -1.26. The Kier molecular flexibility index (Phi) is 6.61. The van der Waals surface area contributed by atoms with Crippen LogP contribution in [-0.4, -0.2) is 28.7 Å². The summed E-state index contributed by atoms with van der Waals surface area (Å²) in [5, 5.41) is 14.5. The maximum absolute atomic E-state index is 11.7. The van der Waals surface area contributed by atoms with E-state index in [-0.39, 0.29) is 6.04 Å². The third-order valence-corrected chi connectivity index (χ3v) is 3.07. The number of hydrogen-bond donors (Lipinski definition) is 3. The van der Waals surface area contributed by atoms with Crippen LogP contribution < -0.4 is 10.6 Å². The summed E-state index contributed by atoms with van der Waals surface area (Å²) in [6.07, 6.45) is 2.60. The van der Waals surface area contributed by atoms with E-state index in [1.54, 1.807) is 13.8 Å². The van der Waals surface area contributed by atoms with Crippen molar-refractivity contribution in [3.05, 3.63) is 0 Å². The fraction of sp³-hybridized carbons (Fsp3) is 0.833. The molecule has 0 aromatic heterocycles. The van der Waals surface area contributed by atoms with Crippen molar-refractivity contribution in [2.24, 2.45) is 0 Å². The SMILES string of the molecule is CCCC(C)NC(=O)NC(CC)(CC)C(=O)O. The smallest absolute Gasteiger partial charge is 0.329 e. The van der Waals surface area contributed by atoms with Gasteiger partial charge in [0.1, 0.15) is 5.54 Å². The Morgan fingerprint density at radius 1 is 1.24 bits per heavy atom. The zero-order valence-electron chi connectivity index (χ0n) is 11.2. The van der Waals surface area contributed by atoms with Gasteiger partial charge in [0.05, 0.1) is 0 Å². The molecule has 0 aromatic rings. The quantitative estimate of drug-likeness (QED) is 0.642. The van der Waals surface area contributed by atoms with Crippen molar-refractivity contribution >= 4 is 12.0 Å². The van der Waals surface area contributed by atoms with Crippen LogP contribution in [0.1, 0.15) is 53.4 Å². The average molecular weight is 244 g/mol. The van der Waals surface area contributed by atoms with Crippen molar-refractivity contribution in [1.82, 2.24) is 10.6 Å². The first-order chi connectivity index (χ1) is 7.91. The van der Waals surface area contributed by atoms with Gasteiger partial charge in [-0.3, -0.25) is 0 Å². The molecule has 0 radical (unpaired) electrons. The molecule has 0 aliphatic heterocycles. The Bertz CT molecular complexity index is 262. The van der Waals surface area contributed by atoms with Crippen molar-refractivity contribution in [3.8, 4) is 0 Å². The molecule has 17 heavy (non-hydrogen) atoms. The number of carboxylic acids is 1. The summed E-state index contributed by atoms with van der Waals surface area (Å²) in [6, 6.07) is -0.350. The Morgan fingerprint density at radius 3 is 2.12 bits per heavy atom. The molecular formula is C12H24N2O3. The summed E-state index contributed by atoms with van der Waals surface area (Å²) < 4.78 is 0. The molecule has 0 aliphatic rings. The molecule has 1 unspecified atom stereocenters. The van der Waals surface area contributed by atoms with Gasteiger partial charge in [-0.15, -0.1) is 0 Å². The second-order valence-corrected chi connectivity index (χ2v) is 4.38. The van der Waals surface area contributed by atoms with Gasteiger partial charge in [-0.25, -0.2) is 9.59 Å². The minimum atomic E-state index is -1.16. The van der Waals surface area contributed by atoms with E-state index in [0.717, 1.165) is 12.8 Å². The predicted molar refractivity (Wildman–Crippen MR) is 67.0 cm³/mol. The third kappa shape index (κ3) is 4.63. The molecular weight excluding hydrogens is 220 g/mol. The average Bonchev–Trinajstić information content (AvgIpc) is 2.25. The van der Waals surface area contributed by atoms with Crippen LogP contribution in [0, 0.1) is 0 Å². The number of carboxylic acid groups (broad SMARTS) is 1. The van der Waals surface area contributed by atoms with Crippen LogP contribution in [0.25, 0.3) is 0 Å². The molecule has 1 atom stereocenters. The highest BCUT2D eigenvalue weighted by Gasteiger charge is 2.36. The van der Waals surface area contributed by atoms with Crippen molar-refractivity contribution in [1.29, 1.82) is 0 Å². The van der Waals surface area contributed by atoms with E-state index in [9.17, 15) is 9.59 Å². The van der Waals surface area contributed by atoms with Crippen LogP contribution >= 0.6 is 0 Å². The highest BCUT2D eigenvalue weighted by Crippen LogP contribution is 2.15. The molecule has 0 saturated carbocycles. The maximum Gasteiger partial charge on any atom is 0.329 e. The Labute approximate surface area is 103 Å². The number of carbonyl (C=O) groups excluding carboxylic acids is 1. The number of nitrogens with one attached hydrogen (secondary N) is 2. The molecule has 0 spiro atoms. The topological polar surface area (TPSA) is 78.4 Å². The first kappa shape index (κ1) is 15.7. The molecule has 2 amide bonds. The van der Waals surface area contributed by atoms with Gasteiger partial charge in [0, 0.05) is 6.04 Å². The summed E-state index contributed by atoms with van der Waals surface area (Å²) in [6.45, 7) is 7.46. The van der Waals surface area contributed by atoms with Gasteiger partial charge in [-0.1, -0.05) is 27.2 Å². The van der Waals surface area contributed by atoms with Gasteiger partial charge >= 0.3 is 12.0 Å². The third-order valence-electron chi connectivity index (χ3n) is 3.07. The van der Waals surface area contributed by atoms with Crippen LogP contribution in [-0.2, 0) is 4.79 Å². The number of urea groups is 1. The van der Waals surface area contributed by atoms with E-state index in [0.29, 0.717) is 12.8 Å². The maximum atomic E-state index is 11.7. The van der Waals surface area contributed by atoms with E-state index in [4.69, 9.17) is 5.11 Å². The summed E-state index contributed by atoms with van der Waals surface area (Å²) in [5.41, 5.74) is -1.16. The van der Waals surface area contributed by atoms with Gasteiger partial charge in [0.2, 0.25) is 0 Å². The zero-order valence-corrected chi connectivity index (χ0v) is 11.2. The lowest BCUT2D eigenvalue weighted by Crippen LogP contribution is -2.57. The standard InChI is InChI=1S/C12H24N2O3/c1-5-8-9(4)13-11(17)14-12(6-2,7-3)10(15)16/h9H,5-8H2,1-4H3,(H,15,16)(H2,13,14,17). The van der Waals surface area contributed by atoms with Crippen molar-refractivity contribution in [2.45, 2.75) is 65.0 Å². The van der Waals surface area contributed by atoms with Crippen molar-refractivity contribution in [2.75, 3.05) is 0 Å². The second kappa shape index (κ2) is 7.14. The molecule has 0 heterocycles. The number of rotatable bonds is 7. The molecule has 0 saturated heterocycles. The van der Waals surface area contributed by atoms with Crippen LogP contribution in [0.2, 0.25) is 0 Å². The summed E-state index contributed by atoms with van der Waals surface area (Å²) in [4.78, 5) is 22.9. The van der Waals surface area contributed by atoms with E-state index in [1.807, 2.05) is 13.8 Å². The summed E-state index contributed by atoms with van der Waals surface area (Å²) >= 11 is 0. The molecule has 0 bridgehead atoms. The lowest BCUT2D eigenvalue weighted by Gasteiger charge is -2.28. The zero-order chi connectivity index (χ0) is 13.5. The monoisotopic (exact) mass is 244 g/mol. The van der Waals surface area contributed by atoms with Crippen molar-refractivity contribution < 1.29 is 14.7 Å². The summed E-state index contributed by atoms with van der Waals surface area (Å²) in [7, 11) is 0. The van der Waals surface area contributed by atoms with Gasteiger partial charge in [-0.05, 0) is 26.2 Å². The van der Waals surface area contributed by atoms with Crippen LogP contribution in [0.15, 0.2) is 0 Å². The van der Waals surface area contributed by atoms with Crippen LogP contribution in [0.5, 0.6) is 0 Å². The largest absolute Gasteiger partial charge is 0.480 e. The molecule has 100 valence electrons. The lowest BCUT2D eigenvalue weighted by molar-refractivity contribution is -0.144. The number of amides is 2. The van der Waals surface area contributed by atoms with Gasteiger partial charge in [-0.2, -0.15) is 0 Å². The first-order valence-corrected chi connectivity index (χ1v) is 6.23. The van der Waals surface area contributed by atoms with E-state index in [1.165, 1.54) is 0 Å². The van der Waals surface area contributed by atoms with Crippen LogP contribution in [0.4, 0.5) is 4.79 Å². The highest BCUT2D eigenvalue weighted by atomic mass is 16.4. The molecule has 5 nitrogen and oxygen atoms in total. The van der Waals surface area contributed by atoms with Crippen LogP contribution in [0.3, 0.4) is 0 Å². The normalized spacial score (nSPS) is 12.9. The van der Waals surface area contributed by atoms with E-state index >= 15 is 0 Å². The van der Waals surface area contributed by atoms with Crippen molar-refractivity contribution in [3.63, 3.8) is 0 Å². The first-order valence-electron chi connectivity index (χ1n) is 6.23. The Balaban J connectivity index is 4.47. The predicted octanol–water partition coefficient (Wildman–Crippen LogP) is 2.12. The molecule has 0 aromatic carbocycles. The lowest BCUT2D eigenvalue weighted by atomic mass is 9.93. The number of hydrogen-bond acceptors (Lipinski definition) is 2. The molecule has 0 rings (SSSR count). The fourth-order valence-electron chi connectivity index (χ4n) is 1.77. The van der Waals surface area contributed by atoms with Gasteiger partial charge in [0.15, 0.2) is 0 Å². The minimum absolute atomic E-state index is 0.0557. The highest BCUT2D eigenvalue weighted by molar-refractivity contribution is 5.86. The van der Waals surface area contributed by atoms with Gasteiger partial charge in [0.25, 0.3) is 0 Å².